The van der Waals surface area contributed by atoms with E-state index in [-0.39, 0.29) is 11.3 Å². The van der Waals surface area contributed by atoms with Crippen molar-refractivity contribution in [1.82, 2.24) is 0 Å². The molecule has 4 N–H and O–H groups in total. The Bertz CT molecular complexity index is 432. The van der Waals surface area contributed by atoms with E-state index in [0.29, 0.717) is 0 Å². The molecular weight excluding hydrogens is 215 g/mol. The van der Waals surface area contributed by atoms with Gasteiger partial charge in [-0.05, 0) is 25.1 Å². The highest BCUT2D eigenvalue weighted by Crippen LogP contribution is 2.15. The van der Waals surface area contributed by atoms with Gasteiger partial charge < -0.3 is 16.2 Å². The summed E-state index contributed by atoms with van der Waals surface area (Å²) in [7, 11) is 0. The monoisotopic (exact) mass is 226 g/mol. The number of carbonyl (C=O) groups is 2. The van der Waals surface area contributed by atoms with Crippen molar-refractivity contribution >= 4 is 17.6 Å². The molecule has 0 spiro atoms. The lowest BCUT2D eigenvalue weighted by molar-refractivity contribution is -0.117. The van der Waals surface area contributed by atoms with Crippen LogP contribution >= 0.6 is 0 Å². The van der Waals surface area contributed by atoms with Crippen LogP contribution in [0, 0.1) is 5.82 Å². The Hall–Kier alpha value is -1.95. The molecule has 0 heterocycles. The summed E-state index contributed by atoms with van der Waals surface area (Å²) in [6.07, 6.45) is 0. The smallest absolute Gasteiger partial charge is 0.335 e. The lowest BCUT2D eigenvalue weighted by Crippen LogP contribution is -2.32. The number of hydrogen-bond donors (Lipinski definition) is 3. The molecule has 1 aromatic rings. The fourth-order valence-corrected chi connectivity index (χ4v) is 0.996. The van der Waals surface area contributed by atoms with Crippen molar-refractivity contribution in [3.63, 3.8) is 0 Å². The molecule has 1 aromatic carbocycles. The van der Waals surface area contributed by atoms with Gasteiger partial charge in [-0.3, -0.25) is 4.79 Å². The number of nitrogens with one attached hydrogen (secondary N) is 1. The maximum Gasteiger partial charge on any atom is 0.335 e. The molecule has 0 saturated heterocycles. The number of benzene rings is 1. The second-order valence-corrected chi connectivity index (χ2v) is 3.28. The number of carboxylic acid groups (broad SMARTS) is 1. The number of anilines is 1. The molecule has 86 valence electrons. The van der Waals surface area contributed by atoms with Crippen LogP contribution in [0.2, 0.25) is 0 Å². The molecule has 0 radical (unpaired) electrons. The number of aromatic carboxylic acids is 1. The average molecular weight is 226 g/mol. The minimum atomic E-state index is -1.23. The molecule has 0 saturated carbocycles. The lowest BCUT2D eigenvalue weighted by Gasteiger charge is -2.08. The van der Waals surface area contributed by atoms with Crippen LogP contribution < -0.4 is 11.1 Å². The highest BCUT2D eigenvalue weighted by atomic mass is 19.1. The molecule has 1 amide bonds. The Morgan fingerprint density at radius 2 is 2.12 bits per heavy atom. The largest absolute Gasteiger partial charge is 0.478 e. The van der Waals surface area contributed by atoms with E-state index in [4.69, 9.17) is 10.8 Å². The molecule has 0 aliphatic heterocycles. The molecule has 6 heteroatoms. The molecule has 5 nitrogen and oxygen atoms in total. The molecular formula is C10H11FN2O3. The van der Waals surface area contributed by atoms with Gasteiger partial charge in [-0.1, -0.05) is 0 Å². The van der Waals surface area contributed by atoms with Crippen LogP contribution in [0.5, 0.6) is 0 Å². The molecule has 1 unspecified atom stereocenters. The predicted octanol–water partition coefficient (Wildman–Crippen LogP) is 0.810. The number of amides is 1. The summed E-state index contributed by atoms with van der Waals surface area (Å²) in [6, 6.07) is 2.44. The van der Waals surface area contributed by atoms with Crippen LogP contribution in [-0.2, 0) is 4.79 Å². The number of halogens is 1. The van der Waals surface area contributed by atoms with Gasteiger partial charge in [0.1, 0.15) is 5.82 Å². The van der Waals surface area contributed by atoms with Gasteiger partial charge in [0.2, 0.25) is 5.91 Å². The second-order valence-electron chi connectivity index (χ2n) is 3.28. The van der Waals surface area contributed by atoms with E-state index in [1.165, 1.54) is 19.1 Å². The van der Waals surface area contributed by atoms with Gasteiger partial charge in [-0.2, -0.15) is 0 Å². The third-order valence-corrected chi connectivity index (χ3v) is 1.89. The summed E-state index contributed by atoms with van der Waals surface area (Å²) >= 11 is 0. The lowest BCUT2D eigenvalue weighted by atomic mass is 10.2. The third kappa shape index (κ3) is 2.77. The quantitative estimate of drug-likeness (QED) is 0.711. The van der Waals surface area contributed by atoms with Crippen molar-refractivity contribution in [3.8, 4) is 0 Å². The molecule has 0 aromatic heterocycles. The van der Waals surface area contributed by atoms with Gasteiger partial charge in [-0.15, -0.1) is 0 Å². The standard InChI is InChI=1S/C10H11FN2O3/c1-5(12)9(14)13-8-3-2-6(10(15)16)4-7(8)11/h2-5H,12H2,1H3,(H,13,14)(H,15,16). The van der Waals surface area contributed by atoms with Gasteiger partial charge >= 0.3 is 5.97 Å². The molecule has 16 heavy (non-hydrogen) atoms. The number of hydrogen-bond acceptors (Lipinski definition) is 3. The highest BCUT2D eigenvalue weighted by molar-refractivity contribution is 5.95. The fourth-order valence-electron chi connectivity index (χ4n) is 0.996. The summed E-state index contributed by atoms with van der Waals surface area (Å²) in [5.74, 6) is -2.58. The number of nitrogens with two attached hydrogens (primary N) is 1. The number of carbonyl (C=O) groups excluding carboxylic acids is 1. The zero-order chi connectivity index (χ0) is 12.3. The van der Waals surface area contributed by atoms with Gasteiger partial charge in [0.25, 0.3) is 0 Å². The first-order valence-corrected chi connectivity index (χ1v) is 4.51. The number of rotatable bonds is 3. The Labute approximate surface area is 91.1 Å². The van der Waals surface area contributed by atoms with Crippen LogP contribution in [0.25, 0.3) is 0 Å². The number of carboxylic acids is 1. The van der Waals surface area contributed by atoms with E-state index in [9.17, 15) is 14.0 Å². The fraction of sp³-hybridized carbons (Fsp3) is 0.200. The van der Waals surface area contributed by atoms with Crippen molar-refractivity contribution in [1.29, 1.82) is 0 Å². The predicted molar refractivity (Wildman–Crippen MR) is 55.6 cm³/mol. The Kier molecular flexibility index (Phi) is 3.57. The van der Waals surface area contributed by atoms with Crippen molar-refractivity contribution in [3.05, 3.63) is 29.6 Å². The zero-order valence-corrected chi connectivity index (χ0v) is 8.53. The average Bonchev–Trinajstić information content (AvgIpc) is 2.20. The normalized spacial score (nSPS) is 11.9. The molecule has 0 fully saturated rings. The maximum atomic E-state index is 13.3. The minimum Gasteiger partial charge on any atom is -0.478 e. The molecule has 0 aliphatic carbocycles. The Morgan fingerprint density at radius 1 is 1.50 bits per heavy atom. The van der Waals surface area contributed by atoms with E-state index in [1.54, 1.807) is 0 Å². The van der Waals surface area contributed by atoms with Gasteiger partial charge in [0, 0.05) is 0 Å². The van der Waals surface area contributed by atoms with Crippen molar-refractivity contribution in [2.75, 3.05) is 5.32 Å². The van der Waals surface area contributed by atoms with E-state index in [2.05, 4.69) is 5.32 Å². The summed E-state index contributed by atoms with van der Waals surface area (Å²) in [5, 5.41) is 10.8. The van der Waals surface area contributed by atoms with Gasteiger partial charge in [0.05, 0.1) is 17.3 Å². The van der Waals surface area contributed by atoms with E-state index >= 15 is 0 Å². The summed E-state index contributed by atoms with van der Waals surface area (Å²) in [4.78, 5) is 21.7. The molecule has 1 rings (SSSR count). The second kappa shape index (κ2) is 4.71. The Balaban J connectivity index is 2.91. The maximum absolute atomic E-state index is 13.3. The summed E-state index contributed by atoms with van der Waals surface area (Å²) < 4.78 is 13.3. The van der Waals surface area contributed by atoms with E-state index in [0.717, 1.165) is 6.07 Å². The van der Waals surface area contributed by atoms with Crippen molar-refractivity contribution in [2.45, 2.75) is 13.0 Å². The Morgan fingerprint density at radius 3 is 2.56 bits per heavy atom. The first-order valence-electron chi connectivity index (χ1n) is 4.51. The third-order valence-electron chi connectivity index (χ3n) is 1.89. The van der Waals surface area contributed by atoms with Gasteiger partial charge in [-0.25, -0.2) is 9.18 Å². The van der Waals surface area contributed by atoms with E-state index in [1.807, 2.05) is 0 Å². The topological polar surface area (TPSA) is 92.4 Å². The molecule has 1 atom stereocenters. The first-order chi connectivity index (χ1) is 7.41. The zero-order valence-electron chi connectivity index (χ0n) is 8.53. The summed E-state index contributed by atoms with van der Waals surface area (Å²) in [6.45, 7) is 1.46. The van der Waals surface area contributed by atoms with Crippen molar-refractivity contribution in [2.24, 2.45) is 5.73 Å². The van der Waals surface area contributed by atoms with Crippen LogP contribution in [0.4, 0.5) is 10.1 Å². The van der Waals surface area contributed by atoms with Crippen LogP contribution in [-0.4, -0.2) is 23.0 Å². The first kappa shape index (κ1) is 12.1. The SMILES string of the molecule is CC(N)C(=O)Nc1ccc(C(=O)O)cc1F. The van der Waals surface area contributed by atoms with E-state index < -0.39 is 23.7 Å². The van der Waals surface area contributed by atoms with Crippen molar-refractivity contribution < 1.29 is 19.1 Å². The molecule has 0 aliphatic rings. The minimum absolute atomic E-state index is 0.0905. The summed E-state index contributed by atoms with van der Waals surface area (Å²) in [5.41, 5.74) is 5.01. The highest BCUT2D eigenvalue weighted by Gasteiger charge is 2.12. The van der Waals surface area contributed by atoms with Crippen LogP contribution in [0.1, 0.15) is 17.3 Å². The molecule has 0 bridgehead atoms. The van der Waals surface area contributed by atoms with Crippen LogP contribution in [0.15, 0.2) is 18.2 Å². The van der Waals surface area contributed by atoms with Gasteiger partial charge in [0.15, 0.2) is 0 Å². The van der Waals surface area contributed by atoms with Crippen LogP contribution in [0.3, 0.4) is 0 Å².